The number of hydrogen-bond acceptors (Lipinski definition) is 2. The van der Waals surface area contributed by atoms with E-state index in [2.05, 4.69) is 35.1 Å². The zero-order chi connectivity index (χ0) is 13.7. The molecule has 0 fully saturated rings. The molecule has 0 aromatic heterocycles. The average molecular weight is 314 g/mol. The third-order valence-corrected chi connectivity index (χ3v) is 3.46. The van der Waals surface area contributed by atoms with Crippen LogP contribution in [0.5, 0.6) is 5.75 Å². The highest BCUT2D eigenvalue weighted by Crippen LogP contribution is 2.19. The van der Waals surface area contributed by atoms with E-state index in [0.717, 1.165) is 6.42 Å². The number of amides is 1. The zero-order valence-corrected chi connectivity index (χ0v) is 12.6. The number of alkyl halides is 1. The fraction of sp³-hybridized carbons (Fsp3) is 0.500. The molecule has 0 aliphatic carbocycles. The molecule has 0 aliphatic rings. The first-order valence-electron chi connectivity index (χ1n) is 6.12. The van der Waals surface area contributed by atoms with Gasteiger partial charge in [-0.25, -0.2) is 0 Å². The van der Waals surface area contributed by atoms with Crippen molar-refractivity contribution >= 4 is 21.8 Å². The molecule has 0 heterocycles. The molecular formula is C14H20BrNO2. The van der Waals surface area contributed by atoms with Crippen LogP contribution in [0.4, 0.5) is 0 Å². The van der Waals surface area contributed by atoms with E-state index in [1.807, 2.05) is 0 Å². The molecule has 1 atom stereocenters. The molecule has 1 amide bonds. The van der Waals surface area contributed by atoms with E-state index in [1.165, 1.54) is 0 Å². The predicted molar refractivity (Wildman–Crippen MR) is 77.3 cm³/mol. The van der Waals surface area contributed by atoms with Gasteiger partial charge < -0.3 is 10.4 Å². The van der Waals surface area contributed by atoms with Crippen molar-refractivity contribution in [3.63, 3.8) is 0 Å². The lowest BCUT2D eigenvalue weighted by Gasteiger charge is -2.14. The summed E-state index contributed by atoms with van der Waals surface area (Å²) in [5, 5.41) is 12.4. The van der Waals surface area contributed by atoms with Crippen LogP contribution in [0.3, 0.4) is 0 Å². The van der Waals surface area contributed by atoms with Crippen LogP contribution in [0.25, 0.3) is 0 Å². The van der Waals surface area contributed by atoms with Gasteiger partial charge in [-0.15, -0.1) is 0 Å². The summed E-state index contributed by atoms with van der Waals surface area (Å²) in [6, 6.07) is 4.98. The Morgan fingerprint density at radius 2 is 2.11 bits per heavy atom. The summed E-state index contributed by atoms with van der Waals surface area (Å²) in [4.78, 5) is 12.2. The van der Waals surface area contributed by atoms with Gasteiger partial charge in [-0.2, -0.15) is 0 Å². The number of carbonyl (C=O) groups excluding carboxylic acids is 1. The number of nitrogens with one attached hydrogen (secondary N) is 1. The third-order valence-electron chi connectivity index (χ3n) is 2.76. The number of hydrogen-bond donors (Lipinski definition) is 2. The van der Waals surface area contributed by atoms with E-state index < -0.39 is 0 Å². The van der Waals surface area contributed by atoms with Gasteiger partial charge >= 0.3 is 0 Å². The van der Waals surface area contributed by atoms with Crippen LogP contribution in [0.15, 0.2) is 18.2 Å². The number of aromatic hydroxyl groups is 1. The van der Waals surface area contributed by atoms with Crippen LogP contribution in [0.2, 0.25) is 0 Å². The summed E-state index contributed by atoms with van der Waals surface area (Å²) in [5.74, 6) is 0.602. The molecule has 0 saturated carbocycles. The number of halogens is 1. The Kier molecular flexibility index (Phi) is 5.66. The smallest absolute Gasteiger partial charge is 0.251 e. The molecule has 0 saturated heterocycles. The second-order valence-electron chi connectivity index (χ2n) is 4.89. The van der Waals surface area contributed by atoms with Crippen molar-refractivity contribution in [2.75, 3.05) is 6.54 Å². The Morgan fingerprint density at radius 3 is 2.72 bits per heavy atom. The van der Waals surface area contributed by atoms with Crippen LogP contribution in [-0.2, 0) is 0 Å². The predicted octanol–water partition coefficient (Wildman–Crippen LogP) is 3.24. The zero-order valence-electron chi connectivity index (χ0n) is 11.0. The second kappa shape index (κ2) is 6.78. The van der Waals surface area contributed by atoms with E-state index in [1.54, 1.807) is 25.1 Å². The number of carbonyl (C=O) groups is 1. The van der Waals surface area contributed by atoms with Crippen LogP contribution < -0.4 is 5.32 Å². The molecule has 1 unspecified atom stereocenters. The number of phenolic OH excluding ortho intramolecular Hbond substituents is 1. The maximum absolute atomic E-state index is 12.0. The van der Waals surface area contributed by atoms with Crippen molar-refractivity contribution in [3.8, 4) is 5.75 Å². The normalized spacial score (nSPS) is 12.5. The fourth-order valence-corrected chi connectivity index (χ4v) is 2.67. The van der Waals surface area contributed by atoms with Crippen molar-refractivity contribution in [2.24, 2.45) is 5.92 Å². The summed E-state index contributed by atoms with van der Waals surface area (Å²) in [7, 11) is 0. The SMILES string of the molecule is Cc1c(O)cccc1C(=O)NCC(Br)CC(C)C. The summed E-state index contributed by atoms with van der Waals surface area (Å²) >= 11 is 3.55. The third kappa shape index (κ3) is 4.33. The van der Waals surface area contributed by atoms with Gasteiger partial charge in [-0.05, 0) is 31.4 Å². The van der Waals surface area contributed by atoms with E-state index in [0.29, 0.717) is 23.6 Å². The van der Waals surface area contributed by atoms with Gasteiger partial charge in [0.05, 0.1) is 0 Å². The number of rotatable bonds is 5. The van der Waals surface area contributed by atoms with E-state index in [4.69, 9.17) is 0 Å². The van der Waals surface area contributed by atoms with Crippen LogP contribution in [-0.4, -0.2) is 22.4 Å². The molecule has 1 rings (SSSR count). The standard InChI is InChI=1S/C14H20BrNO2/c1-9(2)7-11(15)8-16-14(18)12-5-4-6-13(17)10(12)3/h4-6,9,11,17H,7-8H2,1-3H3,(H,16,18). The molecule has 0 spiro atoms. The van der Waals surface area contributed by atoms with Gasteiger partial charge in [0, 0.05) is 22.5 Å². The first-order valence-corrected chi connectivity index (χ1v) is 7.04. The maximum Gasteiger partial charge on any atom is 0.251 e. The molecule has 1 aromatic carbocycles. The molecule has 0 radical (unpaired) electrons. The van der Waals surface area contributed by atoms with E-state index in [-0.39, 0.29) is 16.5 Å². The minimum Gasteiger partial charge on any atom is -0.508 e. The molecule has 0 bridgehead atoms. The quantitative estimate of drug-likeness (QED) is 0.820. The van der Waals surface area contributed by atoms with Crippen molar-refractivity contribution < 1.29 is 9.90 Å². The monoisotopic (exact) mass is 313 g/mol. The molecule has 0 aliphatic heterocycles. The highest BCUT2D eigenvalue weighted by Gasteiger charge is 2.13. The minimum atomic E-state index is -0.142. The average Bonchev–Trinajstić information content (AvgIpc) is 2.29. The molecule has 1 aromatic rings. The highest BCUT2D eigenvalue weighted by molar-refractivity contribution is 9.09. The molecule has 2 N–H and O–H groups in total. The van der Waals surface area contributed by atoms with Crippen LogP contribution in [0.1, 0.15) is 36.2 Å². The summed E-state index contributed by atoms with van der Waals surface area (Å²) in [5.41, 5.74) is 1.14. The van der Waals surface area contributed by atoms with Gasteiger partial charge in [0.1, 0.15) is 5.75 Å². The Labute approximate surface area is 117 Å². The summed E-state index contributed by atoms with van der Waals surface area (Å²) in [6.07, 6.45) is 1.01. The van der Waals surface area contributed by atoms with Gasteiger partial charge in [0.25, 0.3) is 5.91 Å². The van der Waals surface area contributed by atoms with Crippen molar-refractivity contribution in [2.45, 2.75) is 32.0 Å². The molecule has 100 valence electrons. The maximum atomic E-state index is 12.0. The lowest BCUT2D eigenvalue weighted by atomic mass is 10.1. The first-order chi connectivity index (χ1) is 8.41. The van der Waals surface area contributed by atoms with E-state index in [9.17, 15) is 9.90 Å². The molecule has 3 nitrogen and oxygen atoms in total. The van der Waals surface area contributed by atoms with Crippen LogP contribution >= 0.6 is 15.9 Å². The number of benzene rings is 1. The lowest BCUT2D eigenvalue weighted by Crippen LogP contribution is -2.30. The first kappa shape index (κ1) is 15.0. The largest absolute Gasteiger partial charge is 0.508 e. The lowest BCUT2D eigenvalue weighted by molar-refractivity contribution is 0.0952. The van der Waals surface area contributed by atoms with Crippen molar-refractivity contribution in [1.82, 2.24) is 5.32 Å². The van der Waals surface area contributed by atoms with Gasteiger partial charge in [0.2, 0.25) is 0 Å². The van der Waals surface area contributed by atoms with Crippen LogP contribution in [0, 0.1) is 12.8 Å². The Hall–Kier alpha value is -1.03. The van der Waals surface area contributed by atoms with Gasteiger partial charge in [0.15, 0.2) is 0 Å². The Balaban J connectivity index is 2.58. The van der Waals surface area contributed by atoms with Gasteiger partial charge in [-0.3, -0.25) is 4.79 Å². The van der Waals surface area contributed by atoms with Crippen molar-refractivity contribution in [3.05, 3.63) is 29.3 Å². The van der Waals surface area contributed by atoms with E-state index >= 15 is 0 Å². The van der Waals surface area contributed by atoms with Crippen molar-refractivity contribution in [1.29, 1.82) is 0 Å². The summed E-state index contributed by atoms with van der Waals surface area (Å²) < 4.78 is 0. The Morgan fingerprint density at radius 1 is 1.44 bits per heavy atom. The molecule has 4 heteroatoms. The fourth-order valence-electron chi connectivity index (χ4n) is 1.76. The Bertz CT molecular complexity index is 418. The second-order valence-corrected chi connectivity index (χ2v) is 6.18. The number of phenols is 1. The molecular weight excluding hydrogens is 294 g/mol. The molecule has 18 heavy (non-hydrogen) atoms. The minimum absolute atomic E-state index is 0.142. The van der Waals surface area contributed by atoms with Gasteiger partial charge in [-0.1, -0.05) is 35.8 Å². The topological polar surface area (TPSA) is 49.3 Å². The summed E-state index contributed by atoms with van der Waals surface area (Å²) in [6.45, 7) is 6.63. The highest BCUT2D eigenvalue weighted by atomic mass is 79.9.